The first-order chi connectivity index (χ1) is 9.42. The van der Waals surface area contributed by atoms with Crippen LogP contribution in [-0.2, 0) is 4.74 Å². The summed E-state index contributed by atoms with van der Waals surface area (Å²) >= 11 is 0. The van der Waals surface area contributed by atoms with Crippen molar-refractivity contribution in [1.82, 2.24) is 20.2 Å². The molecule has 7 heteroatoms. The van der Waals surface area contributed by atoms with E-state index in [1.54, 1.807) is 12.3 Å². The van der Waals surface area contributed by atoms with Crippen molar-refractivity contribution in [3.8, 4) is 0 Å². The molecule has 1 N–H and O–H groups in total. The fourth-order valence-electron chi connectivity index (χ4n) is 1.85. The highest BCUT2D eigenvalue weighted by molar-refractivity contribution is 5.52. The number of rotatable bonds is 3. The highest BCUT2D eigenvalue weighted by Gasteiger charge is 2.12. The largest absolute Gasteiger partial charge is 0.378 e. The van der Waals surface area contributed by atoms with Crippen molar-refractivity contribution < 1.29 is 4.74 Å². The smallest absolute Gasteiger partial charge is 0.154 e. The molecule has 1 fully saturated rings. The second-order valence-electron chi connectivity index (χ2n) is 4.10. The summed E-state index contributed by atoms with van der Waals surface area (Å²) in [7, 11) is 0. The fraction of sp³-hybridized carbons (Fsp3) is 0.333. The lowest BCUT2D eigenvalue weighted by molar-refractivity contribution is 0.122. The molecule has 7 nitrogen and oxygen atoms in total. The number of hydrogen-bond donors (Lipinski definition) is 1. The number of morpholine rings is 1. The van der Waals surface area contributed by atoms with E-state index in [9.17, 15) is 0 Å². The molecule has 0 amide bonds. The second-order valence-corrected chi connectivity index (χ2v) is 4.10. The monoisotopic (exact) mass is 258 g/mol. The topological polar surface area (TPSA) is 76.1 Å². The molecular weight excluding hydrogens is 244 g/mol. The van der Waals surface area contributed by atoms with Gasteiger partial charge in [-0.2, -0.15) is 0 Å². The maximum Gasteiger partial charge on any atom is 0.154 e. The number of ether oxygens (including phenoxy) is 1. The maximum absolute atomic E-state index is 5.31. The minimum atomic E-state index is 0.663. The van der Waals surface area contributed by atoms with Crippen LogP contribution in [0.15, 0.2) is 30.7 Å². The summed E-state index contributed by atoms with van der Waals surface area (Å²) in [5, 5.41) is 11.4. The highest BCUT2D eigenvalue weighted by Crippen LogP contribution is 2.15. The van der Waals surface area contributed by atoms with E-state index in [1.807, 2.05) is 12.1 Å². The maximum atomic E-state index is 5.31. The van der Waals surface area contributed by atoms with Crippen LogP contribution >= 0.6 is 0 Å². The molecule has 0 aliphatic carbocycles. The summed E-state index contributed by atoms with van der Waals surface area (Å²) in [5.74, 6) is 2.23. The van der Waals surface area contributed by atoms with E-state index in [-0.39, 0.29) is 0 Å². The van der Waals surface area contributed by atoms with Crippen LogP contribution in [-0.4, -0.2) is 46.5 Å². The lowest BCUT2D eigenvalue weighted by Gasteiger charge is -2.27. The number of hydrogen-bond acceptors (Lipinski definition) is 7. The molecule has 3 rings (SSSR count). The Morgan fingerprint density at radius 1 is 1.05 bits per heavy atom. The van der Waals surface area contributed by atoms with Gasteiger partial charge in [0.15, 0.2) is 11.6 Å². The molecular formula is C12H14N6O. The van der Waals surface area contributed by atoms with Crippen molar-refractivity contribution in [2.24, 2.45) is 0 Å². The van der Waals surface area contributed by atoms with Gasteiger partial charge < -0.3 is 15.0 Å². The van der Waals surface area contributed by atoms with Crippen molar-refractivity contribution in [1.29, 1.82) is 0 Å². The van der Waals surface area contributed by atoms with Crippen molar-refractivity contribution >= 4 is 17.5 Å². The molecule has 2 aromatic rings. The fourth-order valence-corrected chi connectivity index (χ4v) is 1.85. The van der Waals surface area contributed by atoms with E-state index < -0.39 is 0 Å². The summed E-state index contributed by atoms with van der Waals surface area (Å²) < 4.78 is 5.31. The molecule has 0 saturated carbocycles. The van der Waals surface area contributed by atoms with E-state index in [1.165, 1.54) is 6.33 Å². The van der Waals surface area contributed by atoms with Gasteiger partial charge in [0.05, 0.1) is 13.2 Å². The minimum Gasteiger partial charge on any atom is -0.378 e. The Kier molecular flexibility index (Phi) is 3.46. The minimum absolute atomic E-state index is 0.663. The van der Waals surface area contributed by atoms with Gasteiger partial charge in [0, 0.05) is 19.3 Å². The molecule has 0 radical (unpaired) electrons. The lowest BCUT2D eigenvalue weighted by atomic mass is 10.4. The molecule has 0 spiro atoms. The molecule has 2 aromatic heterocycles. The van der Waals surface area contributed by atoms with Crippen LogP contribution in [0.5, 0.6) is 0 Å². The third-order valence-corrected chi connectivity index (χ3v) is 2.82. The molecule has 0 aromatic carbocycles. The van der Waals surface area contributed by atoms with Crippen molar-refractivity contribution in [2.75, 3.05) is 36.5 Å². The van der Waals surface area contributed by atoms with Gasteiger partial charge in [0.1, 0.15) is 12.1 Å². The van der Waals surface area contributed by atoms with Crippen LogP contribution < -0.4 is 10.2 Å². The van der Waals surface area contributed by atoms with E-state index in [4.69, 9.17) is 4.74 Å². The summed E-state index contributed by atoms with van der Waals surface area (Å²) in [6.07, 6.45) is 3.16. The van der Waals surface area contributed by atoms with Crippen molar-refractivity contribution in [2.45, 2.75) is 0 Å². The average Bonchev–Trinajstić information content (AvgIpc) is 2.50. The van der Waals surface area contributed by atoms with Crippen LogP contribution in [0.4, 0.5) is 17.5 Å². The van der Waals surface area contributed by atoms with E-state index in [0.717, 1.165) is 32.1 Å². The van der Waals surface area contributed by atoms with Gasteiger partial charge in [0.25, 0.3) is 0 Å². The highest BCUT2D eigenvalue weighted by atomic mass is 16.5. The van der Waals surface area contributed by atoms with Crippen molar-refractivity contribution in [3.05, 3.63) is 30.7 Å². The molecule has 1 aliphatic heterocycles. The quantitative estimate of drug-likeness (QED) is 0.874. The predicted molar refractivity (Wildman–Crippen MR) is 70.4 cm³/mol. The Morgan fingerprint density at radius 3 is 2.63 bits per heavy atom. The summed E-state index contributed by atoms with van der Waals surface area (Å²) in [5.41, 5.74) is 0. The van der Waals surface area contributed by atoms with Gasteiger partial charge in [-0.25, -0.2) is 9.97 Å². The Bertz CT molecular complexity index is 512. The Hall–Kier alpha value is -2.28. The number of anilines is 3. The predicted octanol–water partition coefficient (Wildman–Crippen LogP) is 0.847. The zero-order chi connectivity index (χ0) is 12.9. The molecule has 3 heterocycles. The molecule has 19 heavy (non-hydrogen) atoms. The molecule has 1 aliphatic rings. The van der Waals surface area contributed by atoms with Crippen LogP contribution in [0.2, 0.25) is 0 Å². The van der Waals surface area contributed by atoms with Crippen molar-refractivity contribution in [3.63, 3.8) is 0 Å². The summed E-state index contributed by atoms with van der Waals surface area (Å²) in [4.78, 5) is 10.1. The third-order valence-electron chi connectivity index (χ3n) is 2.82. The number of aromatic nitrogens is 4. The van der Waals surface area contributed by atoms with Gasteiger partial charge in [0.2, 0.25) is 0 Å². The Morgan fingerprint density at radius 2 is 1.95 bits per heavy atom. The molecule has 0 atom stereocenters. The van der Waals surface area contributed by atoms with Gasteiger partial charge in [-0.1, -0.05) is 0 Å². The summed E-state index contributed by atoms with van der Waals surface area (Å²) in [6.45, 7) is 3.19. The van der Waals surface area contributed by atoms with Gasteiger partial charge >= 0.3 is 0 Å². The average molecular weight is 258 g/mol. The van der Waals surface area contributed by atoms with Crippen LogP contribution in [0.3, 0.4) is 0 Å². The SMILES string of the molecule is c1cc(Nc2ccc(N3CCOCC3)nn2)ncn1. The first-order valence-corrected chi connectivity index (χ1v) is 6.11. The van der Waals surface area contributed by atoms with Crippen LogP contribution in [0.1, 0.15) is 0 Å². The summed E-state index contributed by atoms with van der Waals surface area (Å²) in [6, 6.07) is 5.61. The van der Waals surface area contributed by atoms with E-state index in [0.29, 0.717) is 11.6 Å². The molecule has 1 saturated heterocycles. The zero-order valence-corrected chi connectivity index (χ0v) is 10.4. The van der Waals surface area contributed by atoms with Crippen LogP contribution in [0.25, 0.3) is 0 Å². The molecule has 0 unspecified atom stereocenters. The Balaban J connectivity index is 1.68. The first kappa shape index (κ1) is 11.8. The first-order valence-electron chi connectivity index (χ1n) is 6.11. The lowest BCUT2D eigenvalue weighted by Crippen LogP contribution is -2.36. The van der Waals surface area contributed by atoms with E-state index in [2.05, 4.69) is 30.4 Å². The second kappa shape index (κ2) is 5.57. The molecule has 0 bridgehead atoms. The van der Waals surface area contributed by atoms with Crippen LogP contribution in [0, 0.1) is 0 Å². The van der Waals surface area contributed by atoms with Gasteiger partial charge in [-0.15, -0.1) is 10.2 Å². The molecule has 98 valence electrons. The van der Waals surface area contributed by atoms with Gasteiger partial charge in [-0.05, 0) is 18.2 Å². The van der Waals surface area contributed by atoms with E-state index >= 15 is 0 Å². The van der Waals surface area contributed by atoms with Gasteiger partial charge in [-0.3, -0.25) is 0 Å². The standard InChI is InChI=1S/C12H14N6O/c1-2-12(18-5-7-19-8-6-18)17-16-11(1)15-10-3-4-13-9-14-10/h1-4,9H,5-8H2,(H,13,14,15,16). The zero-order valence-electron chi connectivity index (χ0n) is 10.4. The Labute approximate surface area is 110 Å². The number of nitrogens with one attached hydrogen (secondary N) is 1. The third kappa shape index (κ3) is 2.94. The number of nitrogens with zero attached hydrogens (tertiary/aromatic N) is 5. The normalized spacial score (nSPS) is 15.3.